The molecule has 0 saturated carbocycles. The van der Waals surface area contributed by atoms with Crippen molar-refractivity contribution < 1.29 is 17.6 Å². The Morgan fingerprint density at radius 2 is 1.25 bits per heavy atom. The second kappa shape index (κ2) is 8.68. The molecule has 0 aliphatic carbocycles. The highest BCUT2D eigenvalue weighted by molar-refractivity contribution is 6.21. The molecule has 5 heteroatoms. The number of alkyl halides is 3. The highest BCUT2D eigenvalue weighted by atomic mass is 19.4. The van der Waals surface area contributed by atoms with E-state index >= 15 is 0 Å². The van der Waals surface area contributed by atoms with Crippen LogP contribution in [-0.4, -0.2) is 11.2 Å². The lowest BCUT2D eigenvalue weighted by Gasteiger charge is -2.30. The van der Waals surface area contributed by atoms with Gasteiger partial charge in [-0.25, -0.2) is 0 Å². The van der Waals surface area contributed by atoms with Crippen LogP contribution in [0.3, 0.4) is 0 Å². The quantitative estimate of drug-likeness (QED) is 0.212. The highest BCUT2D eigenvalue weighted by Gasteiger charge is 2.49. The number of halogens is 3. The van der Waals surface area contributed by atoms with Crippen molar-refractivity contribution in [1.82, 2.24) is 4.98 Å². The van der Waals surface area contributed by atoms with Crippen molar-refractivity contribution in [3.05, 3.63) is 115 Å². The Hall–Kier alpha value is -4.64. The minimum absolute atomic E-state index is 0.222. The van der Waals surface area contributed by atoms with Gasteiger partial charge in [-0.2, -0.15) is 13.2 Å². The molecule has 0 unspecified atom stereocenters. The summed E-state index contributed by atoms with van der Waals surface area (Å²) < 4.78 is 48.6. The summed E-state index contributed by atoms with van der Waals surface area (Å²) in [6, 6.07) is 33.0. The van der Waals surface area contributed by atoms with E-state index in [9.17, 15) is 13.2 Å². The summed E-state index contributed by atoms with van der Waals surface area (Å²) in [5.41, 5.74) is 2.34. The maximum Gasteiger partial charge on any atom is 0.397 e. The third kappa shape index (κ3) is 3.61. The molecule has 7 rings (SSSR count). The van der Waals surface area contributed by atoms with Gasteiger partial charge in [0.05, 0.1) is 11.1 Å². The number of nitrogens with zero attached hydrogens (tertiary/aromatic N) is 1. The smallest absolute Gasteiger partial charge is 0.397 e. The van der Waals surface area contributed by atoms with Crippen molar-refractivity contribution in [2.75, 3.05) is 0 Å². The molecule has 2 nitrogen and oxygen atoms in total. The summed E-state index contributed by atoms with van der Waals surface area (Å²) in [7, 11) is 0. The fourth-order valence-electron chi connectivity index (χ4n) is 5.72. The SMILES string of the molecule is CC(C)(c1ccccc1-c1ccnc(-c2cccc3c2oc2c3ccc3c4ccccc4ccc32)c1)C(F)(F)F. The number of benzene rings is 5. The van der Waals surface area contributed by atoms with Gasteiger partial charge in [0.15, 0.2) is 0 Å². The monoisotopic (exact) mass is 531 g/mol. The number of hydrogen-bond donors (Lipinski definition) is 0. The average Bonchev–Trinajstić information content (AvgIpc) is 3.36. The van der Waals surface area contributed by atoms with Gasteiger partial charge in [0.25, 0.3) is 0 Å². The molecule has 0 saturated heterocycles. The third-order valence-corrected chi connectivity index (χ3v) is 8.04. The van der Waals surface area contributed by atoms with Crippen LogP contribution >= 0.6 is 0 Å². The Kier molecular flexibility index (Phi) is 5.30. The van der Waals surface area contributed by atoms with E-state index in [1.807, 2.05) is 36.4 Å². The summed E-state index contributed by atoms with van der Waals surface area (Å²) in [6.07, 6.45) is -2.75. The fraction of sp³-hybridized carbons (Fsp3) is 0.114. The summed E-state index contributed by atoms with van der Waals surface area (Å²) >= 11 is 0. The van der Waals surface area contributed by atoms with E-state index < -0.39 is 11.6 Å². The number of furan rings is 1. The van der Waals surface area contributed by atoms with Gasteiger partial charge in [-0.15, -0.1) is 0 Å². The van der Waals surface area contributed by atoms with Crippen LogP contribution in [0.5, 0.6) is 0 Å². The van der Waals surface area contributed by atoms with Gasteiger partial charge in [-0.1, -0.05) is 72.8 Å². The molecule has 2 heterocycles. The molecule has 0 bridgehead atoms. The molecule has 5 aromatic carbocycles. The second-order valence-electron chi connectivity index (χ2n) is 10.7. The van der Waals surface area contributed by atoms with Crippen LogP contribution in [-0.2, 0) is 5.41 Å². The Morgan fingerprint density at radius 3 is 2.10 bits per heavy atom. The number of fused-ring (bicyclic) bond motifs is 7. The van der Waals surface area contributed by atoms with E-state index in [0.717, 1.165) is 38.1 Å². The third-order valence-electron chi connectivity index (χ3n) is 8.04. The molecule has 0 atom stereocenters. The van der Waals surface area contributed by atoms with Gasteiger partial charge in [0.2, 0.25) is 0 Å². The maximum absolute atomic E-state index is 14.0. The normalized spacial score (nSPS) is 12.6. The fourth-order valence-corrected chi connectivity index (χ4v) is 5.72. The van der Waals surface area contributed by atoms with Crippen molar-refractivity contribution >= 4 is 43.5 Å². The average molecular weight is 532 g/mol. The maximum atomic E-state index is 14.0. The van der Waals surface area contributed by atoms with Crippen molar-refractivity contribution in [3.63, 3.8) is 0 Å². The topological polar surface area (TPSA) is 26.0 Å². The minimum Gasteiger partial charge on any atom is -0.455 e. The molecule has 196 valence electrons. The predicted octanol–water partition coefficient (Wildman–Crippen LogP) is 10.5. The van der Waals surface area contributed by atoms with Crippen LogP contribution in [0.1, 0.15) is 19.4 Å². The molecule has 0 fully saturated rings. The van der Waals surface area contributed by atoms with Gasteiger partial charge in [0, 0.05) is 27.9 Å². The van der Waals surface area contributed by atoms with E-state index in [0.29, 0.717) is 22.4 Å². The van der Waals surface area contributed by atoms with E-state index in [2.05, 4.69) is 41.4 Å². The zero-order valence-corrected chi connectivity index (χ0v) is 21.9. The van der Waals surface area contributed by atoms with E-state index in [1.54, 1.807) is 36.5 Å². The Balaban J connectivity index is 1.43. The lowest BCUT2D eigenvalue weighted by Crippen LogP contribution is -2.36. The molecule has 0 aliphatic heterocycles. The molecule has 0 radical (unpaired) electrons. The number of pyridine rings is 1. The summed E-state index contributed by atoms with van der Waals surface area (Å²) in [4.78, 5) is 4.62. The molecule has 0 N–H and O–H groups in total. The zero-order chi connectivity index (χ0) is 27.6. The first kappa shape index (κ1) is 24.4. The van der Waals surface area contributed by atoms with Crippen molar-refractivity contribution in [3.8, 4) is 22.4 Å². The number of rotatable bonds is 3. The zero-order valence-electron chi connectivity index (χ0n) is 21.9. The first-order valence-electron chi connectivity index (χ1n) is 13.1. The first-order valence-corrected chi connectivity index (χ1v) is 13.1. The van der Waals surface area contributed by atoms with Crippen molar-refractivity contribution in [2.45, 2.75) is 25.4 Å². The van der Waals surface area contributed by atoms with Crippen LogP contribution in [0, 0.1) is 0 Å². The van der Waals surface area contributed by atoms with Crippen LogP contribution in [0.15, 0.2) is 114 Å². The first-order chi connectivity index (χ1) is 19.2. The summed E-state index contributed by atoms with van der Waals surface area (Å²) in [5, 5.41) is 6.46. The molecule has 0 aliphatic rings. The van der Waals surface area contributed by atoms with Gasteiger partial charge < -0.3 is 4.42 Å². The second-order valence-corrected chi connectivity index (χ2v) is 10.7. The van der Waals surface area contributed by atoms with Gasteiger partial charge in [-0.05, 0) is 77.0 Å². The summed E-state index contributed by atoms with van der Waals surface area (Å²) in [6.45, 7) is 2.44. The van der Waals surface area contributed by atoms with E-state index in [1.165, 1.54) is 19.2 Å². The van der Waals surface area contributed by atoms with Crippen molar-refractivity contribution in [1.29, 1.82) is 0 Å². The number of aromatic nitrogens is 1. The Labute approximate surface area is 228 Å². The number of para-hydroxylation sites is 1. The molecule has 0 spiro atoms. The van der Waals surface area contributed by atoms with E-state index in [4.69, 9.17) is 4.42 Å². The van der Waals surface area contributed by atoms with Gasteiger partial charge >= 0.3 is 6.18 Å². The van der Waals surface area contributed by atoms with Crippen LogP contribution in [0.4, 0.5) is 13.2 Å². The van der Waals surface area contributed by atoms with Crippen molar-refractivity contribution in [2.24, 2.45) is 0 Å². The minimum atomic E-state index is -4.40. The summed E-state index contributed by atoms with van der Waals surface area (Å²) in [5.74, 6) is 0. The predicted molar refractivity (Wildman–Crippen MR) is 156 cm³/mol. The van der Waals surface area contributed by atoms with Crippen LogP contribution in [0.25, 0.3) is 65.9 Å². The Bertz CT molecular complexity index is 2090. The highest BCUT2D eigenvalue weighted by Crippen LogP contribution is 2.45. The Morgan fingerprint density at radius 1 is 0.600 bits per heavy atom. The van der Waals surface area contributed by atoms with Gasteiger partial charge in [-0.3, -0.25) is 4.98 Å². The lowest BCUT2D eigenvalue weighted by atomic mass is 9.79. The van der Waals surface area contributed by atoms with Crippen LogP contribution in [0.2, 0.25) is 0 Å². The number of hydrogen-bond acceptors (Lipinski definition) is 2. The molecule has 0 amide bonds. The molecule has 7 aromatic rings. The molecule has 2 aromatic heterocycles. The van der Waals surface area contributed by atoms with Crippen LogP contribution < -0.4 is 0 Å². The lowest BCUT2D eigenvalue weighted by molar-refractivity contribution is -0.180. The van der Waals surface area contributed by atoms with E-state index in [-0.39, 0.29) is 5.56 Å². The largest absolute Gasteiger partial charge is 0.455 e. The molecular weight excluding hydrogens is 507 g/mol. The standard InChI is InChI=1S/C35H24F3NO/c1-34(2,35(36,37)38)30-13-6-5-10-24(30)22-18-19-39-31(20-22)29-12-7-11-26-28-17-16-25-23-9-4-3-8-21(23)14-15-27(25)32(28)40-33(26)29/h3-20H,1-2H3. The van der Waals surface area contributed by atoms with Gasteiger partial charge in [0.1, 0.15) is 11.2 Å². The molecule has 40 heavy (non-hydrogen) atoms. The molecular formula is C35H24F3NO.